The number of aromatic nitrogens is 3. The van der Waals surface area contributed by atoms with Crippen molar-refractivity contribution in [1.82, 2.24) is 20.5 Å². The van der Waals surface area contributed by atoms with Gasteiger partial charge in [-0.05, 0) is 50.6 Å². The molecule has 2 heterocycles. The van der Waals surface area contributed by atoms with Crippen LogP contribution < -0.4 is 10.0 Å². The first-order valence-corrected chi connectivity index (χ1v) is 12.5. The number of aliphatic hydroxyl groups excluding tert-OH is 1. The Labute approximate surface area is 209 Å². The largest absolute Gasteiger partial charge is 0.396 e. The monoisotopic (exact) mass is 533 g/mol. The molecule has 4 rings (SSSR count). The van der Waals surface area contributed by atoms with E-state index in [1.165, 1.54) is 25.1 Å². The van der Waals surface area contributed by atoms with Crippen LogP contribution in [0.1, 0.15) is 28.3 Å². The van der Waals surface area contributed by atoms with Gasteiger partial charge in [0.05, 0.1) is 16.9 Å². The Bertz CT molecular complexity index is 1620. The maximum Gasteiger partial charge on any atom is 0.272 e. The first-order chi connectivity index (χ1) is 17.5. The highest BCUT2D eigenvalue weighted by atomic mass is 32.2. The number of aromatic amines is 1. The molecule has 9 nitrogen and oxygen atoms in total. The Morgan fingerprint density at radius 2 is 1.81 bits per heavy atom. The van der Waals surface area contributed by atoms with E-state index in [1.54, 1.807) is 6.92 Å². The van der Waals surface area contributed by atoms with Crippen molar-refractivity contribution in [3.05, 3.63) is 70.9 Å². The molecule has 0 bridgehead atoms. The van der Waals surface area contributed by atoms with Gasteiger partial charge in [-0.15, -0.1) is 0 Å². The molecule has 2 aromatic heterocycles. The summed E-state index contributed by atoms with van der Waals surface area (Å²) in [5.41, 5.74) is -1.54. The Hall–Kier alpha value is -3.97. The van der Waals surface area contributed by atoms with Crippen LogP contribution in [0.25, 0.3) is 22.0 Å². The van der Waals surface area contributed by atoms with E-state index >= 15 is 8.78 Å². The van der Waals surface area contributed by atoms with Crippen molar-refractivity contribution in [1.29, 1.82) is 0 Å². The number of amides is 1. The number of halogens is 3. The van der Waals surface area contributed by atoms with Crippen LogP contribution in [0.5, 0.6) is 0 Å². The van der Waals surface area contributed by atoms with Crippen molar-refractivity contribution in [2.45, 2.75) is 25.2 Å². The van der Waals surface area contributed by atoms with Gasteiger partial charge in [-0.2, -0.15) is 5.10 Å². The van der Waals surface area contributed by atoms with Gasteiger partial charge >= 0.3 is 0 Å². The molecule has 0 unspecified atom stereocenters. The number of carbonyl (C=O) groups is 1. The normalized spacial score (nSPS) is 11.6. The molecule has 2 aromatic carbocycles. The molecule has 194 valence electrons. The van der Waals surface area contributed by atoms with Gasteiger partial charge in [0.2, 0.25) is 0 Å². The minimum atomic E-state index is -4.30. The third-order valence-electron chi connectivity index (χ3n) is 5.58. The van der Waals surface area contributed by atoms with Crippen molar-refractivity contribution in [3.8, 4) is 11.1 Å². The van der Waals surface area contributed by atoms with Crippen LogP contribution in [0, 0.1) is 31.3 Å². The molecule has 0 aliphatic carbocycles. The Kier molecular flexibility index (Phi) is 7.18. The molecule has 0 fully saturated rings. The second-order valence-corrected chi connectivity index (χ2v) is 9.83. The van der Waals surface area contributed by atoms with Crippen molar-refractivity contribution in [3.63, 3.8) is 0 Å². The minimum absolute atomic E-state index is 0.0720. The summed E-state index contributed by atoms with van der Waals surface area (Å²) < 4.78 is 73.4. The topological polar surface area (TPSA) is 137 Å². The number of sulfonamides is 1. The maximum absolute atomic E-state index is 15.5. The van der Waals surface area contributed by atoms with Crippen molar-refractivity contribution >= 4 is 32.5 Å². The van der Waals surface area contributed by atoms with E-state index in [4.69, 9.17) is 5.11 Å². The fourth-order valence-electron chi connectivity index (χ4n) is 3.82. The Morgan fingerprint density at radius 3 is 2.51 bits per heavy atom. The predicted octanol–water partition coefficient (Wildman–Crippen LogP) is 3.57. The highest BCUT2D eigenvalue weighted by Crippen LogP contribution is 2.36. The standard InChI is InChI=1S/C24H22F3N5O4S/c1-12-4-9-18(13(2)29-12)37(35,36)32-17-8-7-16(25)19(21(17)27)14-5-6-15-22(20(14)26)30-31-23(15)24(34)28-10-3-11-33/h4-9,32-33H,3,10-11H2,1-2H3,(H,28,34)(H,30,31). The van der Waals surface area contributed by atoms with Gasteiger partial charge in [0, 0.05) is 29.8 Å². The molecular formula is C24H22F3N5O4S. The molecule has 37 heavy (non-hydrogen) atoms. The highest BCUT2D eigenvalue weighted by Gasteiger charge is 2.26. The molecule has 0 saturated heterocycles. The number of carbonyl (C=O) groups excluding carboxylic acids is 1. The summed E-state index contributed by atoms with van der Waals surface area (Å²) in [6.07, 6.45) is 0.311. The maximum atomic E-state index is 15.5. The number of nitrogens with one attached hydrogen (secondary N) is 3. The summed E-state index contributed by atoms with van der Waals surface area (Å²) >= 11 is 0. The number of benzene rings is 2. The fraction of sp³-hybridized carbons (Fsp3) is 0.208. The summed E-state index contributed by atoms with van der Waals surface area (Å²) in [4.78, 5) is 16.2. The van der Waals surface area contributed by atoms with Crippen LogP contribution in [0.2, 0.25) is 0 Å². The van der Waals surface area contributed by atoms with Crippen molar-refractivity contribution in [2.24, 2.45) is 0 Å². The third kappa shape index (κ3) is 5.00. The molecule has 4 aromatic rings. The summed E-state index contributed by atoms with van der Waals surface area (Å²) in [6, 6.07) is 6.84. The molecule has 0 aliphatic rings. The lowest BCUT2D eigenvalue weighted by atomic mass is 10.0. The van der Waals surface area contributed by atoms with Gasteiger partial charge in [0.15, 0.2) is 17.3 Å². The molecule has 0 atom stereocenters. The smallest absolute Gasteiger partial charge is 0.272 e. The number of hydrogen-bond acceptors (Lipinski definition) is 6. The van der Waals surface area contributed by atoms with Crippen LogP contribution in [0.4, 0.5) is 18.9 Å². The van der Waals surface area contributed by atoms with Crippen LogP contribution in [-0.4, -0.2) is 47.8 Å². The molecule has 13 heteroatoms. The van der Waals surface area contributed by atoms with Gasteiger partial charge in [-0.3, -0.25) is 19.6 Å². The van der Waals surface area contributed by atoms with Crippen molar-refractivity contribution < 1.29 is 31.5 Å². The second kappa shape index (κ2) is 10.2. The van der Waals surface area contributed by atoms with E-state index in [-0.39, 0.29) is 40.3 Å². The lowest BCUT2D eigenvalue weighted by Crippen LogP contribution is -2.25. The van der Waals surface area contributed by atoms with Gasteiger partial charge in [-0.1, -0.05) is 6.07 Å². The molecular weight excluding hydrogens is 511 g/mol. The first-order valence-electron chi connectivity index (χ1n) is 11.1. The van der Waals surface area contributed by atoms with Gasteiger partial charge in [-0.25, -0.2) is 21.6 Å². The predicted molar refractivity (Wildman–Crippen MR) is 130 cm³/mol. The zero-order valence-corrected chi connectivity index (χ0v) is 20.5. The van der Waals surface area contributed by atoms with Crippen LogP contribution in [0.15, 0.2) is 41.3 Å². The minimum Gasteiger partial charge on any atom is -0.396 e. The molecule has 0 saturated carbocycles. The summed E-state index contributed by atoms with van der Waals surface area (Å²) in [7, 11) is -4.30. The van der Waals surface area contributed by atoms with Crippen LogP contribution in [-0.2, 0) is 10.0 Å². The molecule has 1 amide bonds. The molecule has 0 spiro atoms. The Balaban J connectivity index is 1.74. The quantitative estimate of drug-likeness (QED) is 0.256. The molecule has 0 aliphatic heterocycles. The number of pyridine rings is 1. The van der Waals surface area contributed by atoms with E-state index < -0.39 is 50.2 Å². The average Bonchev–Trinajstić information content (AvgIpc) is 3.27. The van der Waals surface area contributed by atoms with Gasteiger partial charge in [0.25, 0.3) is 15.9 Å². The summed E-state index contributed by atoms with van der Waals surface area (Å²) in [5, 5.41) is 17.6. The van der Waals surface area contributed by atoms with Crippen molar-refractivity contribution in [2.75, 3.05) is 17.9 Å². The van der Waals surface area contributed by atoms with E-state index in [2.05, 4.69) is 25.2 Å². The number of H-pyrrole nitrogens is 1. The molecule has 4 N–H and O–H groups in total. The number of anilines is 1. The average molecular weight is 534 g/mol. The Morgan fingerprint density at radius 1 is 1.05 bits per heavy atom. The zero-order chi connectivity index (χ0) is 26.9. The number of aliphatic hydroxyl groups is 1. The number of aryl methyl sites for hydroxylation is 2. The van der Waals surface area contributed by atoms with E-state index in [0.717, 1.165) is 18.2 Å². The van der Waals surface area contributed by atoms with Crippen LogP contribution in [0.3, 0.4) is 0 Å². The summed E-state index contributed by atoms with van der Waals surface area (Å²) in [6.45, 7) is 3.19. The third-order valence-corrected chi connectivity index (χ3v) is 7.08. The second-order valence-electron chi connectivity index (χ2n) is 8.18. The van der Waals surface area contributed by atoms with Crippen LogP contribution >= 0.6 is 0 Å². The SMILES string of the molecule is Cc1ccc(S(=O)(=O)Nc2ccc(F)c(-c3ccc4c(C(=O)NCCCO)n[nH]c4c3F)c2F)c(C)n1. The van der Waals surface area contributed by atoms with E-state index in [9.17, 15) is 17.6 Å². The number of hydrogen-bond donors (Lipinski definition) is 4. The van der Waals surface area contributed by atoms with E-state index in [1.807, 2.05) is 0 Å². The van der Waals surface area contributed by atoms with Gasteiger partial charge < -0.3 is 10.4 Å². The lowest BCUT2D eigenvalue weighted by molar-refractivity contribution is 0.0947. The lowest BCUT2D eigenvalue weighted by Gasteiger charge is -2.14. The number of nitrogens with zero attached hydrogens (tertiary/aromatic N) is 2. The molecule has 0 radical (unpaired) electrons. The zero-order valence-electron chi connectivity index (χ0n) is 19.7. The van der Waals surface area contributed by atoms with E-state index in [0.29, 0.717) is 12.1 Å². The number of fused-ring (bicyclic) bond motifs is 1. The number of rotatable bonds is 8. The fourth-order valence-corrected chi connectivity index (χ4v) is 5.06. The van der Waals surface area contributed by atoms with Gasteiger partial charge in [0.1, 0.15) is 16.2 Å². The summed E-state index contributed by atoms with van der Waals surface area (Å²) in [5.74, 6) is -4.17. The highest BCUT2D eigenvalue weighted by molar-refractivity contribution is 7.92. The first kappa shape index (κ1) is 26.1.